The van der Waals surface area contributed by atoms with E-state index in [1.807, 2.05) is 0 Å². The number of hydrogen-bond acceptors (Lipinski definition) is 3. The summed E-state index contributed by atoms with van der Waals surface area (Å²) in [6, 6.07) is 5.51. The van der Waals surface area contributed by atoms with Gasteiger partial charge in [0.2, 0.25) is 0 Å². The van der Waals surface area contributed by atoms with Gasteiger partial charge >= 0.3 is 0 Å². The van der Waals surface area contributed by atoms with E-state index in [9.17, 15) is 4.79 Å². The first-order chi connectivity index (χ1) is 7.54. The first kappa shape index (κ1) is 12.7. The summed E-state index contributed by atoms with van der Waals surface area (Å²) >= 11 is 3.20. The number of rotatable bonds is 3. The Balaban J connectivity index is 2.71. The maximum Gasteiger partial charge on any atom is 0.255 e. The van der Waals surface area contributed by atoms with Crippen LogP contribution in [0.5, 0.6) is 0 Å². The number of hydrogen-bond donors (Lipinski definition) is 0. The zero-order valence-electron chi connectivity index (χ0n) is 9.14. The van der Waals surface area contributed by atoms with Gasteiger partial charge in [0.25, 0.3) is 5.91 Å². The summed E-state index contributed by atoms with van der Waals surface area (Å²) in [6.45, 7) is 2.20. The van der Waals surface area contributed by atoms with Crippen LogP contribution in [0.1, 0.15) is 17.3 Å². The Labute approximate surface area is 103 Å². The van der Waals surface area contributed by atoms with E-state index < -0.39 is 0 Å². The molecule has 0 aromatic carbocycles. The molecule has 0 aliphatic rings. The Hall–Kier alpha value is -1.41. The molecular weight excluding hydrogens is 270 g/mol. The molecule has 0 saturated carbocycles. The molecule has 1 aromatic rings. The van der Waals surface area contributed by atoms with E-state index in [1.54, 1.807) is 26.1 Å². The van der Waals surface area contributed by atoms with E-state index in [2.05, 4.69) is 27.0 Å². The van der Waals surface area contributed by atoms with Crippen molar-refractivity contribution in [3.63, 3.8) is 0 Å². The summed E-state index contributed by atoms with van der Waals surface area (Å²) in [6.07, 6.45) is 1.51. The SMILES string of the molecule is CC(C#N)CN(C)C(=O)c1ccc(Br)nc1. The molecule has 1 rings (SSSR count). The van der Waals surface area contributed by atoms with E-state index in [0.29, 0.717) is 16.7 Å². The van der Waals surface area contributed by atoms with Gasteiger partial charge in [0.05, 0.1) is 17.6 Å². The Kier molecular flexibility index (Phi) is 4.44. The van der Waals surface area contributed by atoms with Crippen LogP contribution in [-0.4, -0.2) is 29.4 Å². The fraction of sp³-hybridized carbons (Fsp3) is 0.364. The summed E-state index contributed by atoms with van der Waals surface area (Å²) in [5.74, 6) is -0.292. The summed E-state index contributed by atoms with van der Waals surface area (Å²) in [5.41, 5.74) is 0.524. The van der Waals surface area contributed by atoms with Gasteiger partial charge in [-0.05, 0) is 35.0 Å². The Morgan fingerprint density at radius 2 is 2.38 bits per heavy atom. The molecule has 1 unspecified atom stereocenters. The Morgan fingerprint density at radius 1 is 1.69 bits per heavy atom. The molecule has 0 fully saturated rings. The first-order valence-electron chi connectivity index (χ1n) is 4.81. The van der Waals surface area contributed by atoms with Crippen LogP contribution >= 0.6 is 15.9 Å². The number of aromatic nitrogens is 1. The number of carbonyl (C=O) groups excluding carboxylic acids is 1. The molecule has 0 aliphatic carbocycles. The van der Waals surface area contributed by atoms with Gasteiger partial charge in [0, 0.05) is 19.8 Å². The van der Waals surface area contributed by atoms with Crippen LogP contribution in [0, 0.1) is 17.2 Å². The fourth-order valence-electron chi connectivity index (χ4n) is 1.26. The van der Waals surface area contributed by atoms with Gasteiger partial charge < -0.3 is 4.90 Å². The zero-order chi connectivity index (χ0) is 12.1. The van der Waals surface area contributed by atoms with Crippen molar-refractivity contribution in [1.29, 1.82) is 5.26 Å². The monoisotopic (exact) mass is 281 g/mol. The van der Waals surface area contributed by atoms with Crippen LogP contribution in [-0.2, 0) is 0 Å². The third-order valence-corrected chi connectivity index (χ3v) is 2.56. The number of nitrogens with zero attached hydrogens (tertiary/aromatic N) is 3. The second-order valence-corrected chi connectivity index (χ2v) is 4.40. The van der Waals surface area contributed by atoms with Crippen molar-refractivity contribution in [2.24, 2.45) is 5.92 Å². The first-order valence-corrected chi connectivity index (χ1v) is 5.60. The molecule has 0 spiro atoms. The van der Waals surface area contributed by atoms with Crippen molar-refractivity contribution in [2.75, 3.05) is 13.6 Å². The molecule has 0 saturated heterocycles. The van der Waals surface area contributed by atoms with Crippen LogP contribution in [0.4, 0.5) is 0 Å². The van der Waals surface area contributed by atoms with Crippen LogP contribution in [0.25, 0.3) is 0 Å². The molecule has 16 heavy (non-hydrogen) atoms. The lowest BCUT2D eigenvalue weighted by Gasteiger charge is -2.17. The average Bonchev–Trinajstić information content (AvgIpc) is 2.28. The molecule has 1 heterocycles. The van der Waals surface area contributed by atoms with Crippen LogP contribution < -0.4 is 0 Å². The van der Waals surface area contributed by atoms with Crippen molar-refractivity contribution in [3.05, 3.63) is 28.5 Å². The topological polar surface area (TPSA) is 57.0 Å². The lowest BCUT2D eigenvalue weighted by atomic mass is 10.2. The number of pyridine rings is 1. The van der Waals surface area contributed by atoms with E-state index in [1.165, 1.54) is 11.1 Å². The summed E-state index contributed by atoms with van der Waals surface area (Å²) < 4.78 is 0.692. The summed E-state index contributed by atoms with van der Waals surface area (Å²) in [5, 5.41) is 8.67. The fourth-order valence-corrected chi connectivity index (χ4v) is 1.49. The standard InChI is InChI=1S/C11H12BrN3O/c1-8(5-13)7-15(2)11(16)9-3-4-10(12)14-6-9/h3-4,6,8H,7H2,1-2H3. The van der Waals surface area contributed by atoms with E-state index in [4.69, 9.17) is 5.26 Å². The van der Waals surface area contributed by atoms with Gasteiger partial charge in [0.15, 0.2) is 0 Å². The van der Waals surface area contributed by atoms with Gasteiger partial charge in [-0.25, -0.2) is 4.98 Å². The minimum absolute atomic E-state index is 0.123. The number of amides is 1. The number of halogens is 1. The van der Waals surface area contributed by atoms with Gasteiger partial charge in [0.1, 0.15) is 4.60 Å². The van der Waals surface area contributed by atoms with E-state index in [-0.39, 0.29) is 11.8 Å². The quantitative estimate of drug-likeness (QED) is 0.797. The number of carbonyl (C=O) groups is 1. The smallest absolute Gasteiger partial charge is 0.255 e. The van der Waals surface area contributed by atoms with Gasteiger partial charge in [-0.1, -0.05) is 0 Å². The highest BCUT2D eigenvalue weighted by molar-refractivity contribution is 9.10. The van der Waals surface area contributed by atoms with Gasteiger partial charge in [-0.15, -0.1) is 0 Å². The van der Waals surface area contributed by atoms with Crippen LogP contribution in [0.3, 0.4) is 0 Å². The predicted molar refractivity (Wildman–Crippen MR) is 63.7 cm³/mol. The Bertz CT molecular complexity index is 410. The molecule has 84 valence electrons. The lowest BCUT2D eigenvalue weighted by Crippen LogP contribution is -2.30. The van der Waals surface area contributed by atoms with E-state index >= 15 is 0 Å². The highest BCUT2D eigenvalue weighted by atomic mass is 79.9. The van der Waals surface area contributed by atoms with E-state index in [0.717, 1.165) is 0 Å². The third-order valence-electron chi connectivity index (χ3n) is 2.09. The zero-order valence-corrected chi connectivity index (χ0v) is 10.7. The largest absolute Gasteiger partial charge is 0.340 e. The van der Waals surface area contributed by atoms with Crippen molar-refractivity contribution in [3.8, 4) is 6.07 Å². The van der Waals surface area contributed by atoms with Crippen molar-refractivity contribution < 1.29 is 4.79 Å². The van der Waals surface area contributed by atoms with Crippen molar-refractivity contribution in [2.45, 2.75) is 6.92 Å². The average molecular weight is 282 g/mol. The van der Waals surface area contributed by atoms with Gasteiger partial charge in [-0.2, -0.15) is 5.26 Å². The number of nitriles is 1. The van der Waals surface area contributed by atoms with Crippen LogP contribution in [0.15, 0.2) is 22.9 Å². The lowest BCUT2D eigenvalue weighted by molar-refractivity contribution is 0.0784. The molecule has 0 radical (unpaired) electrons. The third kappa shape index (κ3) is 3.31. The normalized spacial score (nSPS) is 11.6. The highest BCUT2D eigenvalue weighted by Crippen LogP contribution is 2.09. The second-order valence-electron chi connectivity index (χ2n) is 3.59. The molecule has 0 N–H and O–H groups in total. The minimum atomic E-state index is -0.169. The predicted octanol–water partition coefficient (Wildman–Crippen LogP) is 2.08. The maximum absolute atomic E-state index is 11.9. The highest BCUT2D eigenvalue weighted by Gasteiger charge is 2.14. The molecular formula is C11H12BrN3O. The molecule has 0 bridgehead atoms. The molecule has 4 nitrogen and oxygen atoms in total. The van der Waals surface area contributed by atoms with Crippen molar-refractivity contribution >= 4 is 21.8 Å². The van der Waals surface area contributed by atoms with Crippen LogP contribution in [0.2, 0.25) is 0 Å². The summed E-state index contributed by atoms with van der Waals surface area (Å²) in [7, 11) is 1.68. The second kappa shape index (κ2) is 5.61. The van der Waals surface area contributed by atoms with Gasteiger partial charge in [-0.3, -0.25) is 4.79 Å². The van der Waals surface area contributed by atoms with Crippen molar-refractivity contribution in [1.82, 2.24) is 9.88 Å². The Morgan fingerprint density at radius 3 is 2.88 bits per heavy atom. The molecule has 1 atom stereocenters. The molecule has 1 amide bonds. The molecule has 0 aliphatic heterocycles. The molecule has 5 heteroatoms. The summed E-state index contributed by atoms with van der Waals surface area (Å²) in [4.78, 5) is 17.4. The molecule has 1 aromatic heterocycles. The minimum Gasteiger partial charge on any atom is -0.340 e. The maximum atomic E-state index is 11.9.